The first-order valence-electron chi connectivity index (χ1n) is 15.1. The van der Waals surface area contributed by atoms with Crippen LogP contribution in [0.1, 0.15) is 71.0 Å². The van der Waals surface area contributed by atoms with Crippen LogP contribution in [0, 0.1) is 0 Å². The lowest BCUT2D eigenvalue weighted by atomic mass is 9.98. The topological polar surface area (TPSA) is 65.1 Å². The van der Waals surface area contributed by atoms with E-state index < -0.39 is 17.7 Å². The number of hydrogen-bond acceptors (Lipinski definition) is 5. The Morgan fingerprint density at radius 1 is 0.951 bits per heavy atom. The lowest BCUT2D eigenvalue weighted by Crippen LogP contribution is -2.56. The summed E-state index contributed by atoms with van der Waals surface area (Å²) in [6.45, 7) is 16.0. The molecule has 1 saturated heterocycles. The van der Waals surface area contributed by atoms with Crippen LogP contribution < -0.4 is 5.32 Å². The number of amides is 2. The van der Waals surface area contributed by atoms with E-state index in [1.807, 2.05) is 37.8 Å². The molecule has 0 spiro atoms. The van der Waals surface area contributed by atoms with Gasteiger partial charge in [-0.3, -0.25) is 9.69 Å². The van der Waals surface area contributed by atoms with Crippen molar-refractivity contribution in [3.05, 3.63) is 70.7 Å². The van der Waals surface area contributed by atoms with E-state index in [-0.39, 0.29) is 5.91 Å². The Labute approximate surface area is 252 Å². The predicted octanol–water partition coefficient (Wildman–Crippen LogP) is 6.17. The van der Waals surface area contributed by atoms with Gasteiger partial charge in [-0.05, 0) is 76.5 Å². The van der Waals surface area contributed by atoms with Gasteiger partial charge in [0.05, 0.1) is 0 Å². The largest absolute Gasteiger partial charge is 0.444 e. The van der Waals surface area contributed by atoms with E-state index in [0.717, 1.165) is 51.1 Å². The van der Waals surface area contributed by atoms with Crippen molar-refractivity contribution in [1.82, 2.24) is 20.0 Å². The Morgan fingerprint density at radius 2 is 1.59 bits per heavy atom. The summed E-state index contributed by atoms with van der Waals surface area (Å²) in [6, 6.07) is 17.7. The molecule has 1 unspecified atom stereocenters. The van der Waals surface area contributed by atoms with Crippen molar-refractivity contribution >= 4 is 23.6 Å². The number of piperazine rings is 1. The number of nitrogens with one attached hydrogen (secondary N) is 1. The van der Waals surface area contributed by atoms with Gasteiger partial charge in [-0.15, -0.1) is 0 Å². The molecule has 0 bridgehead atoms. The lowest BCUT2D eigenvalue weighted by molar-refractivity contribution is -0.135. The molecule has 8 heteroatoms. The van der Waals surface area contributed by atoms with Gasteiger partial charge in [0.2, 0.25) is 5.91 Å². The Bertz CT molecular complexity index is 1060. The molecule has 2 aromatic rings. The molecule has 2 aromatic carbocycles. The first-order valence-corrected chi connectivity index (χ1v) is 15.5. The molecule has 0 saturated carbocycles. The number of alkyl carbamates (subject to hydrolysis) is 1. The van der Waals surface area contributed by atoms with E-state index in [4.69, 9.17) is 16.3 Å². The number of carbonyl (C=O) groups is 2. The normalized spacial score (nSPS) is 15.9. The highest BCUT2D eigenvalue weighted by Gasteiger charge is 2.32. The highest BCUT2D eigenvalue weighted by molar-refractivity contribution is 6.30. The number of rotatable bonds is 13. The van der Waals surface area contributed by atoms with Crippen LogP contribution in [0.3, 0.4) is 0 Å². The minimum Gasteiger partial charge on any atom is -0.444 e. The molecule has 1 heterocycles. The minimum atomic E-state index is -0.720. The van der Waals surface area contributed by atoms with Gasteiger partial charge in [0.15, 0.2) is 0 Å². The third kappa shape index (κ3) is 11.0. The number of halogens is 1. The number of ether oxygens (including phenoxy) is 1. The van der Waals surface area contributed by atoms with E-state index in [0.29, 0.717) is 30.6 Å². The number of carbonyl (C=O) groups excluding carboxylic acids is 2. The molecule has 1 N–H and O–H groups in total. The van der Waals surface area contributed by atoms with Crippen LogP contribution in [0.2, 0.25) is 5.02 Å². The van der Waals surface area contributed by atoms with Crippen LogP contribution in [0.25, 0.3) is 0 Å². The zero-order chi connectivity index (χ0) is 29.8. The molecule has 1 fully saturated rings. The summed E-state index contributed by atoms with van der Waals surface area (Å²) in [5.74, 6) is -0.0825. The Hall–Kier alpha value is -2.61. The molecular formula is C33H49ClN4O3. The minimum absolute atomic E-state index is 0.0825. The van der Waals surface area contributed by atoms with Crippen molar-refractivity contribution in [2.75, 3.05) is 45.8 Å². The van der Waals surface area contributed by atoms with Crippen LogP contribution in [-0.2, 0) is 16.0 Å². The second-order valence-electron chi connectivity index (χ2n) is 11.8. The summed E-state index contributed by atoms with van der Waals surface area (Å²) in [4.78, 5) is 33.3. The molecule has 0 aromatic heterocycles. The summed E-state index contributed by atoms with van der Waals surface area (Å²) in [5, 5.41) is 3.48. The maximum Gasteiger partial charge on any atom is 0.408 e. The zero-order valence-corrected chi connectivity index (χ0v) is 26.3. The molecule has 0 aliphatic carbocycles. The van der Waals surface area contributed by atoms with Crippen molar-refractivity contribution < 1.29 is 14.3 Å². The number of hydrogen-bond donors (Lipinski definition) is 1. The summed E-state index contributed by atoms with van der Waals surface area (Å²) in [6.07, 6.45) is 3.23. The lowest BCUT2D eigenvalue weighted by Gasteiger charge is -2.40. The highest BCUT2D eigenvalue weighted by Crippen LogP contribution is 2.28. The molecule has 1 aliphatic heterocycles. The van der Waals surface area contributed by atoms with E-state index in [9.17, 15) is 9.59 Å². The highest BCUT2D eigenvalue weighted by atomic mass is 35.5. The maximum atomic E-state index is 13.8. The Kier molecular flexibility index (Phi) is 12.9. The van der Waals surface area contributed by atoms with Crippen LogP contribution in [-0.4, -0.2) is 84.2 Å². The third-order valence-electron chi connectivity index (χ3n) is 7.69. The van der Waals surface area contributed by atoms with Crippen molar-refractivity contribution in [2.45, 2.75) is 78.0 Å². The van der Waals surface area contributed by atoms with Crippen LogP contribution in [0.5, 0.6) is 0 Å². The Balaban J connectivity index is 1.65. The predicted molar refractivity (Wildman–Crippen MR) is 167 cm³/mol. The molecular weight excluding hydrogens is 536 g/mol. The van der Waals surface area contributed by atoms with Gasteiger partial charge >= 0.3 is 6.09 Å². The average Bonchev–Trinajstić information content (AvgIpc) is 2.95. The monoisotopic (exact) mass is 584 g/mol. The van der Waals surface area contributed by atoms with E-state index in [1.165, 1.54) is 12.0 Å². The fourth-order valence-electron chi connectivity index (χ4n) is 5.43. The van der Waals surface area contributed by atoms with E-state index in [1.54, 1.807) is 12.1 Å². The van der Waals surface area contributed by atoms with Gasteiger partial charge in [-0.1, -0.05) is 74.3 Å². The third-order valence-corrected chi connectivity index (χ3v) is 7.94. The SMILES string of the molecule is CCN(CC)CCCCC(c1ccccc1)N1CCN(C(=O)[C@@H](Cc2ccc(Cl)cc2)NC(=O)OC(C)(C)C)CC1. The first-order chi connectivity index (χ1) is 19.6. The first kappa shape index (κ1) is 32.9. The number of nitrogens with zero attached hydrogens (tertiary/aromatic N) is 3. The molecule has 3 rings (SSSR count). The molecule has 2 amide bonds. The number of unbranched alkanes of at least 4 members (excludes halogenated alkanes) is 1. The smallest absolute Gasteiger partial charge is 0.408 e. The standard InChI is InChI=1S/C33H49ClN4O3/c1-6-36(7-2)20-12-11-15-30(27-13-9-8-10-14-27)37-21-23-38(24-22-37)31(39)29(35-32(40)41-33(3,4)5)25-26-16-18-28(34)19-17-26/h8-10,13-14,16-19,29-30H,6-7,11-12,15,20-25H2,1-5H3,(H,35,40)/t29-,30?/m1/s1. The zero-order valence-electron chi connectivity index (χ0n) is 25.6. The average molecular weight is 585 g/mol. The van der Waals surface area contributed by atoms with Crippen molar-refractivity contribution in [3.8, 4) is 0 Å². The van der Waals surface area contributed by atoms with Gasteiger partial charge in [0.25, 0.3) is 0 Å². The van der Waals surface area contributed by atoms with Crippen molar-refractivity contribution in [2.24, 2.45) is 0 Å². The van der Waals surface area contributed by atoms with Gasteiger partial charge < -0.3 is 19.9 Å². The summed E-state index contributed by atoms with van der Waals surface area (Å²) in [7, 11) is 0. The molecule has 2 atom stereocenters. The van der Waals surface area contributed by atoms with Crippen LogP contribution in [0.4, 0.5) is 4.79 Å². The van der Waals surface area contributed by atoms with Crippen molar-refractivity contribution in [1.29, 1.82) is 0 Å². The molecule has 0 radical (unpaired) electrons. The number of benzene rings is 2. The molecule has 41 heavy (non-hydrogen) atoms. The molecule has 1 aliphatic rings. The molecule has 226 valence electrons. The summed E-state index contributed by atoms with van der Waals surface area (Å²) >= 11 is 6.07. The fraction of sp³-hybridized carbons (Fsp3) is 0.576. The summed E-state index contributed by atoms with van der Waals surface area (Å²) < 4.78 is 5.48. The summed E-state index contributed by atoms with van der Waals surface area (Å²) in [5.41, 5.74) is 1.61. The maximum absolute atomic E-state index is 13.8. The fourth-order valence-corrected chi connectivity index (χ4v) is 5.55. The van der Waals surface area contributed by atoms with Crippen LogP contribution in [0.15, 0.2) is 54.6 Å². The van der Waals surface area contributed by atoms with Gasteiger partial charge in [-0.25, -0.2) is 4.79 Å². The van der Waals surface area contributed by atoms with Crippen LogP contribution >= 0.6 is 11.6 Å². The van der Waals surface area contributed by atoms with Crippen molar-refractivity contribution in [3.63, 3.8) is 0 Å². The van der Waals surface area contributed by atoms with Gasteiger partial charge in [-0.2, -0.15) is 0 Å². The van der Waals surface area contributed by atoms with Gasteiger partial charge in [0, 0.05) is 43.7 Å². The van der Waals surface area contributed by atoms with E-state index in [2.05, 4.69) is 59.3 Å². The Morgan fingerprint density at radius 3 is 2.17 bits per heavy atom. The second kappa shape index (κ2) is 16.1. The van der Waals surface area contributed by atoms with E-state index >= 15 is 0 Å². The second-order valence-corrected chi connectivity index (χ2v) is 12.3. The molecule has 7 nitrogen and oxygen atoms in total. The van der Waals surface area contributed by atoms with Gasteiger partial charge in [0.1, 0.15) is 11.6 Å². The quantitative estimate of drug-likeness (QED) is 0.285.